The number of esters is 2. The predicted octanol–water partition coefficient (Wildman–Crippen LogP) is -0.307. The van der Waals surface area contributed by atoms with Crippen molar-refractivity contribution in [2.24, 2.45) is 0 Å². The summed E-state index contributed by atoms with van der Waals surface area (Å²) in [5, 5.41) is -0.625. The number of hydrogen-bond donors (Lipinski definition) is 0. The third-order valence-corrected chi connectivity index (χ3v) is 6.35. The average molecular weight is 376 g/mol. The van der Waals surface area contributed by atoms with Crippen LogP contribution in [-0.2, 0) is 42.8 Å². The predicted molar refractivity (Wildman–Crippen MR) is 81.9 cm³/mol. The van der Waals surface area contributed by atoms with E-state index in [9.17, 15) is 18.0 Å². The van der Waals surface area contributed by atoms with Gasteiger partial charge in [-0.15, -0.1) is 0 Å². The van der Waals surface area contributed by atoms with Gasteiger partial charge in [0.2, 0.25) is 0 Å². The Balaban J connectivity index is 1.43. The van der Waals surface area contributed by atoms with Crippen molar-refractivity contribution in [3.05, 3.63) is 12.2 Å². The maximum atomic E-state index is 11.9. The second kappa shape index (κ2) is 6.35. The highest BCUT2D eigenvalue weighted by Gasteiger charge is 2.71. The molecule has 5 unspecified atom stereocenters. The van der Waals surface area contributed by atoms with Gasteiger partial charge >= 0.3 is 11.9 Å². The summed E-state index contributed by atoms with van der Waals surface area (Å²) in [5.41, 5.74) is -0.728. The molecule has 0 aromatic heterocycles. The molecule has 25 heavy (non-hydrogen) atoms. The van der Waals surface area contributed by atoms with Crippen LogP contribution in [0.25, 0.3) is 0 Å². The van der Waals surface area contributed by atoms with Gasteiger partial charge < -0.3 is 18.9 Å². The lowest BCUT2D eigenvalue weighted by atomic mass is 9.83. The van der Waals surface area contributed by atoms with Crippen LogP contribution in [0.15, 0.2) is 12.2 Å². The van der Waals surface area contributed by atoms with Gasteiger partial charge in [-0.1, -0.05) is 6.58 Å². The Labute approximate surface area is 145 Å². The van der Waals surface area contributed by atoms with Gasteiger partial charge in [0, 0.05) is 5.57 Å². The normalized spacial score (nSPS) is 37.0. The van der Waals surface area contributed by atoms with Crippen molar-refractivity contribution in [1.82, 2.24) is 0 Å². The van der Waals surface area contributed by atoms with Gasteiger partial charge in [0.25, 0.3) is 10.1 Å². The molecular weight excluding hydrogens is 356 g/mol. The Morgan fingerprint density at radius 3 is 2.68 bits per heavy atom. The van der Waals surface area contributed by atoms with E-state index in [1.165, 1.54) is 6.92 Å². The molecule has 10 heteroatoms. The van der Waals surface area contributed by atoms with Gasteiger partial charge in [-0.25, -0.2) is 9.59 Å². The van der Waals surface area contributed by atoms with Crippen molar-refractivity contribution in [2.75, 3.05) is 19.8 Å². The first kappa shape index (κ1) is 18.3. The van der Waals surface area contributed by atoms with Crippen molar-refractivity contribution in [3.8, 4) is 0 Å². The summed E-state index contributed by atoms with van der Waals surface area (Å²) in [4.78, 5) is 22.6. The molecule has 0 N–H and O–H groups in total. The van der Waals surface area contributed by atoms with Crippen LogP contribution in [0.3, 0.4) is 0 Å². The topological polar surface area (TPSA) is 114 Å². The van der Waals surface area contributed by atoms with Gasteiger partial charge in [0.1, 0.15) is 29.7 Å². The Hall–Kier alpha value is -1.49. The second-order valence-electron chi connectivity index (χ2n) is 6.48. The van der Waals surface area contributed by atoms with E-state index < -0.39 is 51.7 Å². The van der Waals surface area contributed by atoms with Gasteiger partial charge in [-0.3, -0.25) is 4.18 Å². The van der Waals surface area contributed by atoms with E-state index in [1.807, 2.05) is 0 Å². The fourth-order valence-corrected chi connectivity index (χ4v) is 5.03. The largest absolute Gasteiger partial charge is 0.461 e. The van der Waals surface area contributed by atoms with Crippen LogP contribution in [0, 0.1) is 0 Å². The standard InChI is InChI=1S/C15H20O9S/c1-8(2)14(17)21-7-11(16)20-4-5-22-15(3)10-6-9-12(23-10)13(15)24-25(9,18)19/h9-10,12-13H,1,4-7H2,2-3H3. The Morgan fingerprint density at radius 1 is 1.28 bits per heavy atom. The van der Waals surface area contributed by atoms with E-state index in [0.717, 1.165) is 0 Å². The maximum absolute atomic E-state index is 11.9. The molecule has 3 fully saturated rings. The van der Waals surface area contributed by atoms with E-state index >= 15 is 0 Å². The van der Waals surface area contributed by atoms with E-state index in [2.05, 4.69) is 11.3 Å². The highest BCUT2D eigenvalue weighted by Crippen LogP contribution is 2.53. The van der Waals surface area contributed by atoms with E-state index in [4.69, 9.17) is 18.4 Å². The molecule has 2 bridgehead atoms. The lowest BCUT2D eigenvalue weighted by molar-refractivity contribution is -0.161. The molecule has 3 saturated heterocycles. The third kappa shape index (κ3) is 3.19. The fraction of sp³-hybridized carbons (Fsp3) is 0.733. The van der Waals surface area contributed by atoms with Crippen molar-refractivity contribution in [2.45, 2.75) is 49.4 Å². The van der Waals surface area contributed by atoms with Crippen LogP contribution in [0.5, 0.6) is 0 Å². The van der Waals surface area contributed by atoms with Crippen LogP contribution in [-0.4, -0.2) is 69.3 Å². The maximum Gasteiger partial charge on any atom is 0.344 e. The summed E-state index contributed by atoms with van der Waals surface area (Å²) in [6, 6.07) is 0. The number of hydrogen-bond acceptors (Lipinski definition) is 9. The minimum Gasteiger partial charge on any atom is -0.461 e. The smallest absolute Gasteiger partial charge is 0.344 e. The van der Waals surface area contributed by atoms with Crippen LogP contribution >= 0.6 is 0 Å². The zero-order valence-electron chi connectivity index (χ0n) is 13.9. The molecule has 0 aromatic rings. The molecule has 5 atom stereocenters. The van der Waals surface area contributed by atoms with E-state index in [-0.39, 0.29) is 24.9 Å². The zero-order chi connectivity index (χ0) is 18.4. The number of carbonyl (C=O) groups excluding carboxylic acids is 2. The molecule has 0 amide bonds. The third-order valence-electron chi connectivity index (χ3n) is 4.67. The van der Waals surface area contributed by atoms with Gasteiger partial charge in [-0.05, 0) is 20.3 Å². The van der Waals surface area contributed by atoms with Crippen LogP contribution in [0.4, 0.5) is 0 Å². The van der Waals surface area contributed by atoms with Crippen LogP contribution in [0.2, 0.25) is 0 Å². The number of ether oxygens (including phenoxy) is 4. The van der Waals surface area contributed by atoms with Gasteiger partial charge in [0.05, 0.1) is 12.7 Å². The van der Waals surface area contributed by atoms with E-state index in [1.54, 1.807) is 6.92 Å². The zero-order valence-corrected chi connectivity index (χ0v) is 14.7. The van der Waals surface area contributed by atoms with Crippen molar-refractivity contribution >= 4 is 22.1 Å². The minimum atomic E-state index is -3.61. The SMILES string of the molecule is C=C(C)C(=O)OCC(=O)OCCOC1(C)C2CC3C(O2)C1OS3(=O)=O. The van der Waals surface area contributed by atoms with Crippen molar-refractivity contribution < 1.29 is 41.1 Å². The Morgan fingerprint density at radius 2 is 2.00 bits per heavy atom. The first-order valence-electron chi connectivity index (χ1n) is 7.85. The average Bonchev–Trinajstić information content (AvgIpc) is 3.14. The first-order valence-corrected chi connectivity index (χ1v) is 9.32. The Kier molecular flexibility index (Phi) is 4.65. The summed E-state index contributed by atoms with van der Waals surface area (Å²) in [6.07, 6.45) is -1.24. The first-order chi connectivity index (χ1) is 11.6. The molecule has 3 aliphatic rings. The summed E-state index contributed by atoms with van der Waals surface area (Å²) in [6.45, 7) is 6.05. The summed E-state index contributed by atoms with van der Waals surface area (Å²) in [7, 11) is -3.61. The molecule has 9 nitrogen and oxygen atoms in total. The van der Waals surface area contributed by atoms with E-state index in [0.29, 0.717) is 6.42 Å². The fourth-order valence-electron chi connectivity index (χ4n) is 3.35. The van der Waals surface area contributed by atoms with Gasteiger partial charge in [-0.2, -0.15) is 8.42 Å². The summed E-state index contributed by atoms with van der Waals surface area (Å²) < 4.78 is 49.9. The van der Waals surface area contributed by atoms with Gasteiger partial charge in [0.15, 0.2) is 6.61 Å². The number of rotatable bonds is 7. The number of fused-ring (bicyclic) bond motifs is 1. The molecule has 0 spiro atoms. The highest BCUT2D eigenvalue weighted by atomic mass is 32.2. The summed E-state index contributed by atoms with van der Waals surface area (Å²) in [5.74, 6) is -1.39. The minimum absolute atomic E-state index is 0.0355. The molecular formula is C15H20O9S. The monoisotopic (exact) mass is 376 g/mol. The molecule has 0 aliphatic carbocycles. The highest BCUT2D eigenvalue weighted by molar-refractivity contribution is 7.87. The lowest BCUT2D eigenvalue weighted by Gasteiger charge is -2.33. The molecule has 0 aromatic carbocycles. The quantitative estimate of drug-likeness (QED) is 0.255. The molecule has 3 heterocycles. The van der Waals surface area contributed by atoms with Crippen LogP contribution in [0.1, 0.15) is 20.3 Å². The molecule has 0 saturated carbocycles. The Bertz CT molecular complexity index is 700. The number of carbonyl (C=O) groups is 2. The second-order valence-corrected chi connectivity index (χ2v) is 8.27. The van der Waals surface area contributed by atoms with Crippen LogP contribution < -0.4 is 0 Å². The molecule has 140 valence electrons. The summed E-state index contributed by atoms with van der Waals surface area (Å²) >= 11 is 0. The lowest BCUT2D eigenvalue weighted by Crippen LogP contribution is -2.51. The van der Waals surface area contributed by atoms with Crippen molar-refractivity contribution in [1.29, 1.82) is 0 Å². The molecule has 3 aliphatic heterocycles. The van der Waals surface area contributed by atoms with Crippen molar-refractivity contribution in [3.63, 3.8) is 0 Å². The molecule has 0 radical (unpaired) electrons. The molecule has 3 rings (SSSR count).